The summed E-state index contributed by atoms with van der Waals surface area (Å²) in [6.45, 7) is 4.73. The Balaban J connectivity index is 1.03. The number of benzene rings is 10. The van der Waals surface area contributed by atoms with E-state index in [0.29, 0.717) is 0 Å². The van der Waals surface area contributed by atoms with Crippen molar-refractivity contribution in [3.8, 4) is 33.4 Å². The Kier molecular flexibility index (Phi) is 7.95. The third kappa shape index (κ3) is 5.28. The standard InChI is InChI=1S/C64H43NO2/c1-63(2)52-27-14-12-24-46(52)47-34-32-44(37-55(47)63)65(56-30-17-29-54-62(56)48-25-13-15-28-53(48)64(54,41-20-8-4-9-21-41)42-22-10-5-11-23-42)43-33-35-57-49(36-43)50-38-60-51(39-59(50)66-57)61-45(26-16-31-58(61)67-60)40-18-6-3-7-19-40/h3-39H,1-2H3. The van der Waals surface area contributed by atoms with Crippen LogP contribution in [0.3, 0.4) is 0 Å². The van der Waals surface area contributed by atoms with Crippen molar-refractivity contribution >= 4 is 60.9 Å². The van der Waals surface area contributed by atoms with Gasteiger partial charge in [-0.2, -0.15) is 0 Å². The quantitative estimate of drug-likeness (QED) is 0.167. The Morgan fingerprint density at radius 3 is 1.69 bits per heavy atom. The number of hydrogen-bond donors (Lipinski definition) is 0. The van der Waals surface area contributed by atoms with Crippen molar-refractivity contribution in [2.75, 3.05) is 4.90 Å². The zero-order valence-electron chi connectivity index (χ0n) is 37.1. The van der Waals surface area contributed by atoms with E-state index in [2.05, 4.69) is 243 Å². The minimum absolute atomic E-state index is 0.183. The molecule has 10 aromatic carbocycles. The highest BCUT2D eigenvalue weighted by atomic mass is 16.3. The molecule has 0 bridgehead atoms. The molecule has 0 unspecified atom stereocenters. The molecule has 0 spiro atoms. The van der Waals surface area contributed by atoms with Crippen molar-refractivity contribution in [2.45, 2.75) is 24.7 Å². The predicted molar refractivity (Wildman–Crippen MR) is 276 cm³/mol. The summed E-state index contributed by atoms with van der Waals surface area (Å²) in [4.78, 5) is 2.49. The molecule has 3 nitrogen and oxygen atoms in total. The topological polar surface area (TPSA) is 29.5 Å². The first-order valence-corrected chi connectivity index (χ1v) is 23.2. The van der Waals surface area contributed by atoms with E-state index in [1.165, 1.54) is 55.6 Å². The third-order valence-electron chi connectivity index (χ3n) is 14.9. The summed E-state index contributed by atoms with van der Waals surface area (Å²) in [5.74, 6) is 0. The first-order valence-electron chi connectivity index (χ1n) is 23.2. The van der Waals surface area contributed by atoms with Crippen LogP contribution in [0.15, 0.2) is 233 Å². The molecule has 0 saturated carbocycles. The molecule has 0 fully saturated rings. The van der Waals surface area contributed by atoms with E-state index in [0.717, 1.165) is 72.1 Å². The lowest BCUT2D eigenvalue weighted by Gasteiger charge is -2.34. The Morgan fingerprint density at radius 1 is 0.358 bits per heavy atom. The Morgan fingerprint density at radius 2 is 0.910 bits per heavy atom. The van der Waals surface area contributed by atoms with Gasteiger partial charge in [0.25, 0.3) is 0 Å². The number of rotatable bonds is 6. The summed E-state index contributed by atoms with van der Waals surface area (Å²) in [6.07, 6.45) is 0. The second kappa shape index (κ2) is 14.1. The molecule has 2 aliphatic carbocycles. The van der Waals surface area contributed by atoms with E-state index in [1.807, 2.05) is 0 Å². The normalized spacial score (nSPS) is 14.1. The molecule has 2 heterocycles. The molecule has 0 radical (unpaired) electrons. The number of anilines is 3. The lowest BCUT2D eigenvalue weighted by atomic mass is 9.68. The first kappa shape index (κ1) is 37.9. The van der Waals surface area contributed by atoms with E-state index >= 15 is 0 Å². The largest absolute Gasteiger partial charge is 0.456 e. The van der Waals surface area contributed by atoms with Gasteiger partial charge in [0.2, 0.25) is 0 Å². The van der Waals surface area contributed by atoms with Crippen molar-refractivity contribution in [1.82, 2.24) is 0 Å². The van der Waals surface area contributed by atoms with Crippen LogP contribution in [-0.4, -0.2) is 0 Å². The van der Waals surface area contributed by atoms with Crippen molar-refractivity contribution in [3.63, 3.8) is 0 Å². The molecular formula is C64H43NO2. The molecule has 316 valence electrons. The molecule has 12 aromatic rings. The molecule has 0 saturated heterocycles. The Bertz CT molecular complexity index is 3910. The molecule has 0 amide bonds. The lowest BCUT2D eigenvalue weighted by molar-refractivity contribution is 0.660. The molecule has 0 aliphatic heterocycles. The zero-order chi connectivity index (χ0) is 44.4. The van der Waals surface area contributed by atoms with E-state index in [4.69, 9.17) is 8.83 Å². The maximum Gasteiger partial charge on any atom is 0.136 e. The fraction of sp³-hybridized carbons (Fsp3) is 0.0625. The highest BCUT2D eigenvalue weighted by Crippen LogP contribution is 2.60. The minimum Gasteiger partial charge on any atom is -0.456 e. The average Bonchev–Trinajstić information content (AvgIpc) is 4.09. The highest BCUT2D eigenvalue weighted by Gasteiger charge is 2.47. The number of furan rings is 2. The molecular weight excluding hydrogens is 815 g/mol. The van der Waals surface area contributed by atoms with E-state index < -0.39 is 5.41 Å². The van der Waals surface area contributed by atoms with Gasteiger partial charge in [-0.05, 0) is 116 Å². The van der Waals surface area contributed by atoms with Gasteiger partial charge in [-0.3, -0.25) is 0 Å². The second-order valence-corrected chi connectivity index (χ2v) is 18.7. The van der Waals surface area contributed by atoms with Crippen molar-refractivity contribution in [2.24, 2.45) is 0 Å². The van der Waals surface area contributed by atoms with Crippen molar-refractivity contribution < 1.29 is 8.83 Å². The van der Waals surface area contributed by atoms with Gasteiger partial charge in [-0.1, -0.05) is 184 Å². The number of hydrogen-bond acceptors (Lipinski definition) is 3. The second-order valence-electron chi connectivity index (χ2n) is 18.7. The molecule has 2 aromatic heterocycles. The van der Waals surface area contributed by atoms with Crippen molar-refractivity contribution in [1.29, 1.82) is 0 Å². The van der Waals surface area contributed by atoms with Gasteiger partial charge in [0, 0.05) is 43.9 Å². The SMILES string of the molecule is CC1(C)c2ccccc2-c2ccc(N(c3ccc4oc5cc6c(cc5c4c3)oc3cccc(-c4ccccc4)c36)c3cccc4c3-c3ccccc3C4(c3ccccc3)c3ccccc3)cc21. The van der Waals surface area contributed by atoms with Crippen LogP contribution in [0.25, 0.3) is 77.3 Å². The van der Waals surface area contributed by atoms with Gasteiger partial charge in [-0.25, -0.2) is 0 Å². The van der Waals surface area contributed by atoms with Gasteiger partial charge in [0.15, 0.2) is 0 Å². The Hall–Kier alpha value is -8.40. The fourth-order valence-electron chi connectivity index (χ4n) is 12.0. The zero-order valence-corrected chi connectivity index (χ0v) is 37.1. The van der Waals surface area contributed by atoms with Crippen LogP contribution in [0.1, 0.15) is 47.2 Å². The van der Waals surface area contributed by atoms with Crippen LogP contribution in [0.4, 0.5) is 17.1 Å². The molecule has 67 heavy (non-hydrogen) atoms. The van der Waals surface area contributed by atoms with Gasteiger partial charge in [-0.15, -0.1) is 0 Å². The minimum atomic E-state index is -0.541. The summed E-state index contributed by atoms with van der Waals surface area (Å²) >= 11 is 0. The summed E-state index contributed by atoms with van der Waals surface area (Å²) in [6, 6.07) is 82.0. The van der Waals surface area contributed by atoms with Gasteiger partial charge in [0.05, 0.1) is 11.1 Å². The van der Waals surface area contributed by atoms with Crippen LogP contribution >= 0.6 is 0 Å². The smallest absolute Gasteiger partial charge is 0.136 e. The molecule has 0 N–H and O–H groups in total. The molecule has 0 atom stereocenters. The maximum absolute atomic E-state index is 6.78. The van der Waals surface area contributed by atoms with Gasteiger partial charge in [0.1, 0.15) is 22.3 Å². The van der Waals surface area contributed by atoms with Gasteiger partial charge < -0.3 is 13.7 Å². The monoisotopic (exact) mass is 857 g/mol. The highest BCUT2D eigenvalue weighted by molar-refractivity contribution is 6.18. The van der Waals surface area contributed by atoms with Gasteiger partial charge >= 0.3 is 0 Å². The van der Waals surface area contributed by atoms with Crippen LogP contribution in [0, 0.1) is 0 Å². The average molecular weight is 858 g/mol. The number of fused-ring (bicyclic) bond motifs is 12. The van der Waals surface area contributed by atoms with E-state index in [9.17, 15) is 0 Å². The van der Waals surface area contributed by atoms with Crippen LogP contribution in [0.2, 0.25) is 0 Å². The van der Waals surface area contributed by atoms with Crippen LogP contribution in [-0.2, 0) is 10.8 Å². The van der Waals surface area contributed by atoms with Crippen LogP contribution < -0.4 is 4.90 Å². The molecule has 2 aliphatic rings. The maximum atomic E-state index is 6.78. The molecule has 3 heteroatoms. The van der Waals surface area contributed by atoms with E-state index in [-0.39, 0.29) is 5.41 Å². The summed E-state index contributed by atoms with van der Waals surface area (Å²) in [5.41, 5.74) is 21.0. The van der Waals surface area contributed by atoms with Crippen LogP contribution in [0.5, 0.6) is 0 Å². The third-order valence-corrected chi connectivity index (χ3v) is 14.9. The first-order chi connectivity index (χ1) is 33.0. The predicted octanol–water partition coefficient (Wildman–Crippen LogP) is 17.3. The lowest BCUT2D eigenvalue weighted by Crippen LogP contribution is -2.28. The summed E-state index contributed by atoms with van der Waals surface area (Å²) < 4.78 is 13.4. The number of nitrogens with zero attached hydrogens (tertiary/aromatic N) is 1. The molecule has 14 rings (SSSR count). The van der Waals surface area contributed by atoms with Crippen molar-refractivity contribution in [3.05, 3.63) is 258 Å². The summed E-state index contributed by atoms with van der Waals surface area (Å²) in [7, 11) is 0. The Labute approximate surface area is 388 Å². The summed E-state index contributed by atoms with van der Waals surface area (Å²) in [5, 5.41) is 4.20. The van der Waals surface area contributed by atoms with E-state index in [1.54, 1.807) is 0 Å². The fourth-order valence-corrected chi connectivity index (χ4v) is 12.0.